The number of nitrogens with one attached hydrogen (secondary N) is 1. The summed E-state index contributed by atoms with van der Waals surface area (Å²) in [5.74, 6) is -0.470. The van der Waals surface area contributed by atoms with Crippen molar-refractivity contribution in [1.82, 2.24) is 5.32 Å². The highest BCUT2D eigenvalue weighted by atomic mass is 16.3. The molecule has 0 bridgehead atoms. The highest BCUT2D eigenvalue weighted by molar-refractivity contribution is 5.80. The second kappa shape index (κ2) is 45.5. The molecular formula is C50H97NO4. The lowest BCUT2D eigenvalue weighted by atomic mass is 10.0. The number of amides is 1. The molecule has 0 aliphatic carbocycles. The van der Waals surface area contributed by atoms with Gasteiger partial charge in [-0.15, -0.1) is 0 Å². The number of hydrogen-bond acceptors (Lipinski definition) is 4. The average molecular weight is 776 g/mol. The van der Waals surface area contributed by atoms with Crippen molar-refractivity contribution in [3.8, 4) is 0 Å². The van der Waals surface area contributed by atoms with Crippen LogP contribution in [0.15, 0.2) is 24.3 Å². The Labute approximate surface area is 343 Å². The van der Waals surface area contributed by atoms with Gasteiger partial charge in [-0.25, -0.2) is 0 Å². The van der Waals surface area contributed by atoms with E-state index in [-0.39, 0.29) is 6.61 Å². The first-order chi connectivity index (χ1) is 27.1. The number of unbranched alkanes of at least 4 members (excludes halogenated alkanes) is 33. The van der Waals surface area contributed by atoms with Gasteiger partial charge in [-0.1, -0.05) is 244 Å². The first-order valence-electron chi connectivity index (χ1n) is 24.6. The predicted molar refractivity (Wildman–Crippen MR) is 241 cm³/mol. The molecule has 0 aliphatic rings. The lowest BCUT2D eigenvalue weighted by Gasteiger charge is -2.23. The molecule has 5 heteroatoms. The van der Waals surface area contributed by atoms with Crippen molar-refractivity contribution in [2.45, 2.75) is 283 Å². The van der Waals surface area contributed by atoms with Gasteiger partial charge in [-0.05, 0) is 44.9 Å². The Morgan fingerprint density at radius 1 is 0.436 bits per heavy atom. The van der Waals surface area contributed by atoms with Gasteiger partial charge in [-0.3, -0.25) is 4.79 Å². The van der Waals surface area contributed by atoms with E-state index in [2.05, 4.69) is 43.5 Å². The van der Waals surface area contributed by atoms with Crippen LogP contribution in [0.3, 0.4) is 0 Å². The van der Waals surface area contributed by atoms with Gasteiger partial charge in [0.25, 0.3) is 0 Å². The van der Waals surface area contributed by atoms with Gasteiger partial charge in [0.05, 0.1) is 18.8 Å². The summed E-state index contributed by atoms with van der Waals surface area (Å²) in [4.78, 5) is 12.5. The standard InChI is InChI=1S/C50H97NO4/c1-3-5-7-9-11-13-15-17-18-19-20-21-22-23-24-25-26-27-28-29-30-31-33-35-37-39-41-43-45-49(54)50(55)51-47(46-52)48(53)44-42-40-38-36-34-32-16-14-12-10-8-6-4-2/h20-21,23-24,47-49,52-54H,3-19,22,25-46H2,1-2H3,(H,51,55)/b21-20-,24-23-. The van der Waals surface area contributed by atoms with E-state index < -0.39 is 24.2 Å². The molecule has 0 radical (unpaired) electrons. The molecule has 0 aromatic carbocycles. The highest BCUT2D eigenvalue weighted by Gasteiger charge is 2.23. The monoisotopic (exact) mass is 776 g/mol. The van der Waals surface area contributed by atoms with Gasteiger partial charge in [0.2, 0.25) is 5.91 Å². The van der Waals surface area contributed by atoms with Crippen LogP contribution in [0.1, 0.15) is 264 Å². The number of allylic oxidation sites excluding steroid dienone is 4. The molecule has 0 rings (SSSR count). The fourth-order valence-electron chi connectivity index (χ4n) is 7.69. The molecule has 0 spiro atoms. The van der Waals surface area contributed by atoms with E-state index in [1.165, 1.54) is 199 Å². The molecule has 0 aromatic rings. The zero-order valence-electron chi connectivity index (χ0n) is 37.1. The van der Waals surface area contributed by atoms with Crippen molar-refractivity contribution >= 4 is 5.91 Å². The Morgan fingerprint density at radius 2 is 0.745 bits per heavy atom. The first-order valence-corrected chi connectivity index (χ1v) is 24.6. The SMILES string of the molecule is CCCCCCCCCCC/C=C\C/C=C\CCCCCCCCCCCCCCC(O)C(=O)NC(CO)C(O)CCCCCCCCCCCCCCC. The minimum atomic E-state index is -1.07. The Kier molecular flexibility index (Phi) is 44.6. The van der Waals surface area contributed by atoms with E-state index in [1.54, 1.807) is 0 Å². The summed E-state index contributed by atoms with van der Waals surface area (Å²) in [6.07, 6.45) is 56.3. The minimum absolute atomic E-state index is 0.312. The molecule has 326 valence electrons. The number of rotatable bonds is 45. The minimum Gasteiger partial charge on any atom is -0.394 e. The van der Waals surface area contributed by atoms with E-state index >= 15 is 0 Å². The van der Waals surface area contributed by atoms with Crippen LogP contribution in [0, 0.1) is 0 Å². The van der Waals surface area contributed by atoms with Gasteiger partial charge in [0.1, 0.15) is 6.10 Å². The van der Waals surface area contributed by atoms with Crippen molar-refractivity contribution < 1.29 is 20.1 Å². The third kappa shape index (κ3) is 40.8. The van der Waals surface area contributed by atoms with Crippen LogP contribution in [0.2, 0.25) is 0 Å². The molecule has 0 fully saturated rings. The molecule has 4 N–H and O–H groups in total. The van der Waals surface area contributed by atoms with Crippen molar-refractivity contribution in [3.63, 3.8) is 0 Å². The molecule has 5 nitrogen and oxygen atoms in total. The van der Waals surface area contributed by atoms with Crippen LogP contribution in [0.4, 0.5) is 0 Å². The van der Waals surface area contributed by atoms with Crippen molar-refractivity contribution in [2.24, 2.45) is 0 Å². The zero-order valence-corrected chi connectivity index (χ0v) is 37.1. The van der Waals surface area contributed by atoms with Gasteiger partial charge in [0, 0.05) is 0 Å². The summed E-state index contributed by atoms with van der Waals surface area (Å²) in [5.41, 5.74) is 0. The van der Waals surface area contributed by atoms with Gasteiger partial charge >= 0.3 is 0 Å². The summed E-state index contributed by atoms with van der Waals surface area (Å²) in [5, 5.41) is 33.3. The fourth-order valence-corrected chi connectivity index (χ4v) is 7.69. The van der Waals surface area contributed by atoms with Crippen LogP contribution in [-0.2, 0) is 4.79 Å². The normalized spacial score (nSPS) is 13.6. The maximum atomic E-state index is 12.5. The molecule has 0 saturated heterocycles. The highest BCUT2D eigenvalue weighted by Crippen LogP contribution is 2.16. The maximum Gasteiger partial charge on any atom is 0.249 e. The van der Waals surface area contributed by atoms with E-state index in [4.69, 9.17) is 0 Å². The predicted octanol–water partition coefficient (Wildman–Crippen LogP) is 14.6. The number of aliphatic hydroxyl groups is 3. The lowest BCUT2D eigenvalue weighted by Crippen LogP contribution is -2.49. The Morgan fingerprint density at radius 3 is 1.09 bits per heavy atom. The number of carbonyl (C=O) groups excluding carboxylic acids is 1. The van der Waals surface area contributed by atoms with Crippen LogP contribution in [0.5, 0.6) is 0 Å². The number of hydrogen-bond donors (Lipinski definition) is 4. The summed E-state index contributed by atoms with van der Waals surface area (Å²) in [6.45, 7) is 4.24. The van der Waals surface area contributed by atoms with Crippen LogP contribution in [0.25, 0.3) is 0 Å². The Bertz CT molecular complexity index is 814. The topological polar surface area (TPSA) is 89.8 Å². The quantitative estimate of drug-likeness (QED) is 0.0366. The second-order valence-electron chi connectivity index (χ2n) is 17.0. The molecule has 55 heavy (non-hydrogen) atoms. The summed E-state index contributed by atoms with van der Waals surface area (Å²) in [7, 11) is 0. The Balaban J connectivity index is 3.55. The second-order valence-corrected chi connectivity index (χ2v) is 17.0. The van der Waals surface area contributed by atoms with E-state index in [1.807, 2.05) is 0 Å². The maximum absolute atomic E-state index is 12.5. The third-order valence-corrected chi connectivity index (χ3v) is 11.6. The zero-order chi connectivity index (χ0) is 40.1. The summed E-state index contributed by atoms with van der Waals surface area (Å²) in [6, 6.07) is -0.710. The smallest absolute Gasteiger partial charge is 0.249 e. The van der Waals surface area contributed by atoms with Gasteiger partial charge in [0.15, 0.2) is 0 Å². The van der Waals surface area contributed by atoms with Gasteiger partial charge in [-0.2, -0.15) is 0 Å². The third-order valence-electron chi connectivity index (χ3n) is 11.6. The van der Waals surface area contributed by atoms with Gasteiger partial charge < -0.3 is 20.6 Å². The lowest BCUT2D eigenvalue weighted by molar-refractivity contribution is -0.131. The molecule has 0 heterocycles. The van der Waals surface area contributed by atoms with E-state index in [0.717, 1.165) is 38.5 Å². The molecule has 0 saturated carbocycles. The van der Waals surface area contributed by atoms with Crippen molar-refractivity contribution in [3.05, 3.63) is 24.3 Å². The van der Waals surface area contributed by atoms with Crippen LogP contribution < -0.4 is 5.32 Å². The fraction of sp³-hybridized carbons (Fsp3) is 0.900. The van der Waals surface area contributed by atoms with Crippen LogP contribution >= 0.6 is 0 Å². The first kappa shape index (κ1) is 53.8. The summed E-state index contributed by atoms with van der Waals surface area (Å²) < 4.78 is 0. The van der Waals surface area contributed by atoms with Crippen molar-refractivity contribution in [2.75, 3.05) is 6.61 Å². The molecule has 0 aliphatic heterocycles. The molecule has 3 atom stereocenters. The molecule has 3 unspecified atom stereocenters. The molecule has 0 aromatic heterocycles. The molecule has 1 amide bonds. The number of aliphatic hydroxyl groups excluding tert-OH is 3. The van der Waals surface area contributed by atoms with Crippen LogP contribution in [-0.4, -0.2) is 46.1 Å². The summed E-state index contributed by atoms with van der Waals surface area (Å²) >= 11 is 0. The van der Waals surface area contributed by atoms with Crippen molar-refractivity contribution in [1.29, 1.82) is 0 Å². The molecular weight excluding hydrogens is 679 g/mol. The van der Waals surface area contributed by atoms with E-state index in [9.17, 15) is 20.1 Å². The Hall–Kier alpha value is -1.17. The number of carbonyl (C=O) groups is 1. The largest absolute Gasteiger partial charge is 0.394 e. The average Bonchev–Trinajstić information content (AvgIpc) is 3.19. The van der Waals surface area contributed by atoms with E-state index in [0.29, 0.717) is 12.8 Å².